The number of likely N-dealkylation sites (tertiary alicyclic amines) is 1. The van der Waals surface area contributed by atoms with Crippen LogP contribution in [0.1, 0.15) is 42.1 Å². The Balaban J connectivity index is 1.71. The van der Waals surface area contributed by atoms with Crippen molar-refractivity contribution in [3.05, 3.63) is 65.2 Å². The van der Waals surface area contributed by atoms with Crippen LogP contribution in [0.2, 0.25) is 0 Å². The van der Waals surface area contributed by atoms with Gasteiger partial charge in [-0.15, -0.1) is 0 Å². The molecule has 1 N–H and O–H groups in total. The molecule has 0 radical (unpaired) electrons. The van der Waals surface area contributed by atoms with Gasteiger partial charge in [-0.05, 0) is 31.0 Å². The number of aryl methyl sites for hydroxylation is 2. The van der Waals surface area contributed by atoms with Crippen molar-refractivity contribution in [2.24, 2.45) is 0 Å². The maximum Gasteiger partial charge on any atom is 0.308 e. The fraction of sp³-hybridized carbons (Fsp3) is 0.304. The summed E-state index contributed by atoms with van der Waals surface area (Å²) in [5.74, 6) is -1.72. The summed E-state index contributed by atoms with van der Waals surface area (Å²) in [6.45, 7) is 3.75. The Morgan fingerprint density at radius 1 is 1.03 bits per heavy atom. The SMILES string of the molecule is Cc1ccc(C)c(NC(=O)[C@H](OC(=O)CCN2C(=O)CCC2=O)c2ccccc2)c1. The molecule has 1 heterocycles. The van der Waals surface area contributed by atoms with Crippen LogP contribution in [0.15, 0.2) is 48.5 Å². The first-order valence-corrected chi connectivity index (χ1v) is 9.81. The molecule has 0 unspecified atom stereocenters. The zero-order valence-electron chi connectivity index (χ0n) is 17.0. The Kier molecular flexibility index (Phi) is 6.61. The molecule has 7 heteroatoms. The van der Waals surface area contributed by atoms with E-state index in [-0.39, 0.29) is 37.6 Å². The predicted molar refractivity (Wildman–Crippen MR) is 110 cm³/mol. The average molecular weight is 408 g/mol. The van der Waals surface area contributed by atoms with Gasteiger partial charge in [0.15, 0.2) is 0 Å². The first kappa shape index (κ1) is 21.2. The molecular formula is C23H24N2O5. The normalized spacial score (nSPS) is 14.5. The van der Waals surface area contributed by atoms with E-state index in [1.165, 1.54) is 0 Å². The topological polar surface area (TPSA) is 92.8 Å². The average Bonchev–Trinajstić information content (AvgIpc) is 3.05. The first-order valence-electron chi connectivity index (χ1n) is 9.81. The molecule has 0 bridgehead atoms. The molecule has 3 rings (SSSR count). The number of imide groups is 1. The van der Waals surface area contributed by atoms with E-state index in [1.54, 1.807) is 30.3 Å². The van der Waals surface area contributed by atoms with E-state index in [4.69, 9.17) is 4.74 Å². The number of carbonyl (C=O) groups is 4. The molecule has 0 spiro atoms. The number of hydrogen-bond donors (Lipinski definition) is 1. The number of ether oxygens (including phenoxy) is 1. The maximum atomic E-state index is 13.0. The lowest BCUT2D eigenvalue weighted by Crippen LogP contribution is -2.32. The summed E-state index contributed by atoms with van der Waals surface area (Å²) in [5, 5.41) is 2.83. The van der Waals surface area contributed by atoms with Gasteiger partial charge in [-0.1, -0.05) is 42.5 Å². The van der Waals surface area contributed by atoms with Crippen LogP contribution in [-0.4, -0.2) is 35.1 Å². The second-order valence-electron chi connectivity index (χ2n) is 7.28. The molecule has 2 aromatic carbocycles. The minimum atomic E-state index is -1.15. The fourth-order valence-corrected chi connectivity index (χ4v) is 3.24. The molecule has 7 nitrogen and oxygen atoms in total. The minimum absolute atomic E-state index is 0.0450. The molecule has 0 aliphatic carbocycles. The second kappa shape index (κ2) is 9.35. The molecule has 3 amide bonds. The lowest BCUT2D eigenvalue weighted by atomic mass is 10.1. The number of rotatable bonds is 7. The highest BCUT2D eigenvalue weighted by Gasteiger charge is 2.30. The minimum Gasteiger partial charge on any atom is -0.447 e. The molecule has 1 aliphatic rings. The zero-order valence-corrected chi connectivity index (χ0v) is 17.0. The third-order valence-corrected chi connectivity index (χ3v) is 4.94. The number of nitrogens with zero attached hydrogens (tertiary/aromatic N) is 1. The molecule has 1 atom stereocenters. The van der Waals surface area contributed by atoms with Crippen molar-refractivity contribution in [3.8, 4) is 0 Å². The maximum absolute atomic E-state index is 13.0. The van der Waals surface area contributed by atoms with Gasteiger partial charge in [-0.2, -0.15) is 0 Å². The van der Waals surface area contributed by atoms with Gasteiger partial charge in [0.1, 0.15) is 0 Å². The van der Waals surface area contributed by atoms with E-state index >= 15 is 0 Å². The number of hydrogen-bond acceptors (Lipinski definition) is 5. The summed E-state index contributed by atoms with van der Waals surface area (Å²) in [6.07, 6.45) is -0.988. The summed E-state index contributed by atoms with van der Waals surface area (Å²) < 4.78 is 5.47. The number of carbonyl (C=O) groups excluding carboxylic acids is 4. The standard InChI is InChI=1S/C23H24N2O5/c1-15-8-9-16(2)18(14-15)24-23(29)22(17-6-4-3-5-7-17)30-21(28)12-13-25-19(26)10-11-20(25)27/h3-9,14,22H,10-13H2,1-2H3,(H,24,29)/t22-/m1/s1. The third-order valence-electron chi connectivity index (χ3n) is 4.94. The lowest BCUT2D eigenvalue weighted by Gasteiger charge is -2.20. The van der Waals surface area contributed by atoms with E-state index < -0.39 is 18.0 Å². The molecule has 0 aromatic heterocycles. The van der Waals surface area contributed by atoms with Gasteiger partial charge in [0.05, 0.1) is 6.42 Å². The van der Waals surface area contributed by atoms with Gasteiger partial charge >= 0.3 is 5.97 Å². The lowest BCUT2D eigenvalue weighted by molar-refractivity contribution is -0.155. The van der Waals surface area contributed by atoms with Gasteiger partial charge in [0, 0.05) is 30.6 Å². The Bertz CT molecular complexity index is 955. The quantitative estimate of drug-likeness (QED) is 0.561. The van der Waals surface area contributed by atoms with Gasteiger partial charge in [-0.3, -0.25) is 24.1 Å². The number of esters is 1. The van der Waals surface area contributed by atoms with Crippen LogP contribution in [0.25, 0.3) is 0 Å². The Morgan fingerprint density at radius 3 is 2.37 bits per heavy atom. The number of nitrogens with one attached hydrogen (secondary N) is 1. The highest BCUT2D eigenvalue weighted by molar-refractivity contribution is 6.02. The highest BCUT2D eigenvalue weighted by atomic mass is 16.5. The van der Waals surface area contributed by atoms with E-state index in [2.05, 4.69) is 5.32 Å². The summed E-state index contributed by atoms with van der Waals surface area (Å²) in [4.78, 5) is 49.9. The summed E-state index contributed by atoms with van der Waals surface area (Å²) in [7, 11) is 0. The molecule has 0 saturated carbocycles. The fourth-order valence-electron chi connectivity index (χ4n) is 3.24. The third kappa shape index (κ3) is 5.11. The zero-order chi connectivity index (χ0) is 21.7. The van der Waals surface area contributed by atoms with Gasteiger partial charge in [0.25, 0.3) is 5.91 Å². The highest BCUT2D eigenvalue weighted by Crippen LogP contribution is 2.23. The van der Waals surface area contributed by atoms with Crippen molar-refractivity contribution in [1.82, 2.24) is 4.90 Å². The van der Waals surface area contributed by atoms with Crippen LogP contribution < -0.4 is 5.32 Å². The Labute approximate surface area is 175 Å². The Morgan fingerprint density at radius 2 is 1.70 bits per heavy atom. The first-order chi connectivity index (χ1) is 14.3. The monoisotopic (exact) mass is 408 g/mol. The summed E-state index contributed by atoms with van der Waals surface area (Å²) in [6, 6.07) is 14.4. The van der Waals surface area contributed by atoms with Crippen LogP contribution in [0, 0.1) is 13.8 Å². The van der Waals surface area contributed by atoms with E-state index in [0.29, 0.717) is 11.3 Å². The molecule has 1 fully saturated rings. The molecule has 156 valence electrons. The number of benzene rings is 2. The molecule has 1 saturated heterocycles. The van der Waals surface area contributed by atoms with Gasteiger partial charge < -0.3 is 10.1 Å². The van der Waals surface area contributed by atoms with Crippen molar-refractivity contribution in [2.75, 3.05) is 11.9 Å². The van der Waals surface area contributed by atoms with Crippen molar-refractivity contribution in [2.45, 2.75) is 39.2 Å². The predicted octanol–water partition coefficient (Wildman–Crippen LogP) is 3.07. The van der Waals surface area contributed by atoms with E-state index in [1.807, 2.05) is 32.0 Å². The van der Waals surface area contributed by atoms with Crippen LogP contribution in [0.4, 0.5) is 5.69 Å². The van der Waals surface area contributed by atoms with Crippen molar-refractivity contribution in [1.29, 1.82) is 0 Å². The van der Waals surface area contributed by atoms with E-state index in [0.717, 1.165) is 16.0 Å². The Hall–Kier alpha value is -3.48. The van der Waals surface area contributed by atoms with Crippen molar-refractivity contribution in [3.63, 3.8) is 0 Å². The van der Waals surface area contributed by atoms with Gasteiger partial charge in [-0.25, -0.2) is 0 Å². The van der Waals surface area contributed by atoms with Crippen LogP contribution in [0.5, 0.6) is 0 Å². The van der Waals surface area contributed by atoms with Crippen LogP contribution in [0.3, 0.4) is 0 Å². The van der Waals surface area contributed by atoms with E-state index in [9.17, 15) is 19.2 Å². The molecule has 1 aliphatic heterocycles. The summed E-state index contributed by atoms with van der Waals surface area (Å²) in [5.41, 5.74) is 3.05. The van der Waals surface area contributed by atoms with Crippen molar-refractivity contribution >= 4 is 29.4 Å². The van der Waals surface area contributed by atoms with Crippen LogP contribution in [-0.2, 0) is 23.9 Å². The number of amides is 3. The van der Waals surface area contributed by atoms with Crippen molar-refractivity contribution < 1.29 is 23.9 Å². The van der Waals surface area contributed by atoms with Gasteiger partial charge in [0.2, 0.25) is 17.9 Å². The second-order valence-corrected chi connectivity index (χ2v) is 7.28. The number of anilines is 1. The molecule has 30 heavy (non-hydrogen) atoms. The van der Waals surface area contributed by atoms with Crippen LogP contribution >= 0.6 is 0 Å². The molecular weight excluding hydrogens is 384 g/mol. The smallest absolute Gasteiger partial charge is 0.308 e. The largest absolute Gasteiger partial charge is 0.447 e. The summed E-state index contributed by atoms with van der Waals surface area (Å²) >= 11 is 0. The molecule has 2 aromatic rings.